The molecule has 0 aromatic heterocycles. The van der Waals surface area contributed by atoms with Gasteiger partial charge in [-0.1, -0.05) is 39.0 Å². The van der Waals surface area contributed by atoms with Crippen LogP contribution in [0.5, 0.6) is 0 Å². The van der Waals surface area contributed by atoms with Crippen molar-refractivity contribution in [1.82, 2.24) is 5.32 Å². The second-order valence-corrected chi connectivity index (χ2v) is 8.76. The molecule has 0 spiro atoms. The third-order valence-corrected chi connectivity index (χ3v) is 5.26. The predicted molar refractivity (Wildman–Crippen MR) is 116 cm³/mol. The molecule has 1 fully saturated rings. The second kappa shape index (κ2) is 8.16. The Morgan fingerprint density at radius 3 is 2.40 bits per heavy atom. The van der Waals surface area contributed by atoms with Gasteiger partial charge in [-0.3, -0.25) is 19.7 Å². The van der Waals surface area contributed by atoms with E-state index >= 15 is 0 Å². The van der Waals surface area contributed by atoms with E-state index in [0.717, 1.165) is 17.3 Å². The first-order valence-electron chi connectivity index (χ1n) is 9.09. The van der Waals surface area contributed by atoms with Crippen molar-refractivity contribution in [3.63, 3.8) is 0 Å². The van der Waals surface area contributed by atoms with Crippen LogP contribution in [0.15, 0.2) is 47.4 Å². The Labute approximate surface area is 177 Å². The summed E-state index contributed by atoms with van der Waals surface area (Å²) in [6.07, 6.45) is 1.55. The van der Waals surface area contributed by atoms with Gasteiger partial charge < -0.3 is 10.4 Å². The lowest BCUT2D eigenvalue weighted by molar-refractivity contribution is -0.115. The number of nitrogens with one attached hydrogen (secondary N) is 2. The van der Waals surface area contributed by atoms with Crippen molar-refractivity contribution in [3.8, 4) is 0 Å². The quantitative estimate of drug-likeness (QED) is 0.632. The highest BCUT2D eigenvalue weighted by molar-refractivity contribution is 8.18. The van der Waals surface area contributed by atoms with E-state index in [1.54, 1.807) is 42.5 Å². The molecule has 0 atom stereocenters. The number of hydrogen-bond acceptors (Lipinski definition) is 5. The monoisotopic (exact) mass is 424 g/mol. The number of benzene rings is 2. The lowest BCUT2D eigenvalue weighted by Gasteiger charge is -2.20. The maximum Gasteiger partial charge on any atom is 0.336 e. The maximum absolute atomic E-state index is 12.9. The van der Waals surface area contributed by atoms with Crippen LogP contribution in [0.3, 0.4) is 0 Å². The number of carbonyl (C=O) groups excluding carboxylic acids is 3. The molecule has 0 aliphatic carbocycles. The van der Waals surface area contributed by atoms with Crippen LogP contribution in [0.1, 0.15) is 52.6 Å². The van der Waals surface area contributed by atoms with Gasteiger partial charge in [0.15, 0.2) is 0 Å². The molecule has 2 aromatic carbocycles. The van der Waals surface area contributed by atoms with Gasteiger partial charge in [0.25, 0.3) is 17.1 Å². The maximum atomic E-state index is 12.9. The minimum Gasteiger partial charge on any atom is -0.478 e. The van der Waals surface area contributed by atoms with Crippen LogP contribution in [0, 0.1) is 0 Å². The first kappa shape index (κ1) is 21.3. The van der Waals surface area contributed by atoms with E-state index in [9.17, 15) is 24.3 Å². The molecular weight excluding hydrogens is 404 g/mol. The molecule has 0 radical (unpaired) electrons. The zero-order valence-electron chi connectivity index (χ0n) is 16.6. The Balaban J connectivity index is 1.90. The van der Waals surface area contributed by atoms with Gasteiger partial charge in [-0.15, -0.1) is 0 Å². The van der Waals surface area contributed by atoms with Crippen LogP contribution >= 0.6 is 11.8 Å². The number of carboxylic acids is 1. The van der Waals surface area contributed by atoms with E-state index in [-0.39, 0.29) is 21.4 Å². The Hall–Kier alpha value is -3.39. The number of thioether (sulfide) groups is 1. The van der Waals surface area contributed by atoms with Crippen molar-refractivity contribution >= 4 is 46.5 Å². The summed E-state index contributed by atoms with van der Waals surface area (Å²) < 4.78 is 0. The van der Waals surface area contributed by atoms with Crippen LogP contribution in [-0.2, 0) is 10.2 Å². The van der Waals surface area contributed by atoms with Gasteiger partial charge in [-0.05, 0) is 58.6 Å². The van der Waals surface area contributed by atoms with Gasteiger partial charge in [0.05, 0.1) is 16.0 Å². The van der Waals surface area contributed by atoms with Crippen LogP contribution in [0.25, 0.3) is 6.08 Å². The first-order chi connectivity index (χ1) is 14.0. The molecule has 2 aromatic rings. The zero-order valence-corrected chi connectivity index (χ0v) is 17.4. The molecule has 0 bridgehead atoms. The second-order valence-electron chi connectivity index (χ2n) is 7.75. The summed E-state index contributed by atoms with van der Waals surface area (Å²) in [5.41, 5.74) is 1.61. The van der Waals surface area contributed by atoms with Crippen molar-refractivity contribution in [2.75, 3.05) is 5.32 Å². The number of aromatic carboxylic acids is 1. The van der Waals surface area contributed by atoms with Gasteiger partial charge >= 0.3 is 5.97 Å². The number of imide groups is 1. The molecule has 3 amide bonds. The fourth-order valence-electron chi connectivity index (χ4n) is 2.86. The fraction of sp³-hybridized carbons (Fsp3) is 0.182. The average Bonchev–Trinajstić information content (AvgIpc) is 2.97. The SMILES string of the molecule is CC(C)(C)c1ccc(C(=O)O)c(C(=O)Nc2cccc(/C=C3/SC(=O)NC3=O)c2)c1. The summed E-state index contributed by atoms with van der Waals surface area (Å²) in [4.78, 5) is 47.7. The van der Waals surface area contributed by atoms with Crippen LogP contribution in [0.4, 0.5) is 10.5 Å². The van der Waals surface area contributed by atoms with E-state index in [1.165, 1.54) is 6.07 Å². The number of carboxylic acid groups (broad SMARTS) is 1. The Bertz CT molecular complexity index is 1100. The smallest absolute Gasteiger partial charge is 0.336 e. The Morgan fingerprint density at radius 1 is 1.07 bits per heavy atom. The number of rotatable bonds is 4. The summed E-state index contributed by atoms with van der Waals surface area (Å²) in [7, 11) is 0. The molecule has 1 aliphatic heterocycles. The molecule has 7 nitrogen and oxygen atoms in total. The van der Waals surface area contributed by atoms with Gasteiger partial charge in [0, 0.05) is 5.69 Å². The molecule has 0 unspecified atom stereocenters. The van der Waals surface area contributed by atoms with E-state index in [0.29, 0.717) is 11.3 Å². The minimum atomic E-state index is -1.19. The summed E-state index contributed by atoms with van der Waals surface area (Å²) in [5, 5.41) is 13.9. The average molecular weight is 424 g/mol. The summed E-state index contributed by atoms with van der Waals surface area (Å²) in [6.45, 7) is 5.93. The largest absolute Gasteiger partial charge is 0.478 e. The highest BCUT2D eigenvalue weighted by Gasteiger charge is 2.25. The highest BCUT2D eigenvalue weighted by Crippen LogP contribution is 2.27. The van der Waals surface area contributed by atoms with Gasteiger partial charge in [-0.25, -0.2) is 4.79 Å². The van der Waals surface area contributed by atoms with Crippen molar-refractivity contribution in [1.29, 1.82) is 0 Å². The number of carbonyl (C=O) groups is 4. The fourth-order valence-corrected chi connectivity index (χ4v) is 3.54. The van der Waals surface area contributed by atoms with Gasteiger partial charge in [0.2, 0.25) is 0 Å². The van der Waals surface area contributed by atoms with Gasteiger partial charge in [-0.2, -0.15) is 0 Å². The third-order valence-electron chi connectivity index (χ3n) is 4.44. The van der Waals surface area contributed by atoms with Crippen molar-refractivity contribution in [3.05, 3.63) is 69.6 Å². The zero-order chi connectivity index (χ0) is 22.1. The van der Waals surface area contributed by atoms with Crippen LogP contribution < -0.4 is 10.6 Å². The molecule has 0 saturated carbocycles. The summed E-state index contributed by atoms with van der Waals surface area (Å²) in [5.74, 6) is -2.20. The van der Waals surface area contributed by atoms with Crippen molar-refractivity contribution < 1.29 is 24.3 Å². The van der Waals surface area contributed by atoms with E-state index < -0.39 is 23.0 Å². The summed E-state index contributed by atoms with van der Waals surface area (Å²) in [6, 6.07) is 11.4. The minimum absolute atomic E-state index is 0.0648. The normalized spacial score (nSPS) is 15.2. The third kappa shape index (κ3) is 4.77. The lowest BCUT2D eigenvalue weighted by Crippen LogP contribution is -2.19. The van der Waals surface area contributed by atoms with E-state index in [1.807, 2.05) is 20.8 Å². The summed E-state index contributed by atoms with van der Waals surface area (Å²) >= 11 is 0.803. The van der Waals surface area contributed by atoms with Crippen molar-refractivity contribution in [2.24, 2.45) is 0 Å². The molecule has 3 rings (SSSR count). The molecular formula is C22H20N2O5S. The Morgan fingerprint density at radius 2 is 1.80 bits per heavy atom. The first-order valence-corrected chi connectivity index (χ1v) is 9.90. The molecule has 1 saturated heterocycles. The van der Waals surface area contributed by atoms with Crippen LogP contribution in [0.2, 0.25) is 0 Å². The van der Waals surface area contributed by atoms with E-state index in [4.69, 9.17) is 0 Å². The Kier molecular flexibility index (Phi) is 5.80. The van der Waals surface area contributed by atoms with Crippen LogP contribution in [-0.4, -0.2) is 28.1 Å². The molecule has 1 heterocycles. The molecule has 3 N–H and O–H groups in total. The van der Waals surface area contributed by atoms with E-state index in [2.05, 4.69) is 10.6 Å². The topological polar surface area (TPSA) is 113 Å². The van der Waals surface area contributed by atoms with Gasteiger partial charge in [0.1, 0.15) is 0 Å². The molecule has 8 heteroatoms. The molecule has 30 heavy (non-hydrogen) atoms. The lowest BCUT2D eigenvalue weighted by atomic mass is 9.85. The number of anilines is 1. The number of hydrogen-bond donors (Lipinski definition) is 3. The van der Waals surface area contributed by atoms with Crippen molar-refractivity contribution in [2.45, 2.75) is 26.2 Å². The highest BCUT2D eigenvalue weighted by atomic mass is 32.2. The standard InChI is InChI=1S/C22H20N2O5S/c1-22(2,3)13-7-8-15(20(27)28)16(11-13)18(25)23-14-6-4-5-12(9-14)10-17-19(26)24-21(29)30-17/h4-11H,1-3H3,(H,23,25)(H,27,28)(H,24,26,29)/b17-10+. The molecule has 154 valence electrons. The predicted octanol–water partition coefficient (Wildman–Crippen LogP) is 4.26. The number of amides is 3. The molecule has 1 aliphatic rings.